The molecular weight excluding hydrogens is 529 g/mol. The van der Waals surface area contributed by atoms with Gasteiger partial charge in [-0.1, -0.05) is 0 Å². The molecule has 2 N–H and O–H groups in total. The molecule has 13 heteroatoms. The van der Waals surface area contributed by atoms with Crippen molar-refractivity contribution in [1.82, 2.24) is 20.1 Å². The van der Waals surface area contributed by atoms with Crippen LogP contribution in [0.4, 0.5) is 24.5 Å². The van der Waals surface area contributed by atoms with E-state index < -0.39 is 23.0 Å². The lowest BCUT2D eigenvalue weighted by Crippen LogP contribution is -2.35. The number of alkyl halides is 3. The second kappa shape index (κ2) is 10.8. The molecule has 2 aliphatic rings. The second-order valence-corrected chi connectivity index (χ2v) is 9.80. The van der Waals surface area contributed by atoms with E-state index in [1.807, 2.05) is 4.90 Å². The van der Waals surface area contributed by atoms with Crippen molar-refractivity contribution in [1.29, 1.82) is 0 Å². The Morgan fingerprint density at radius 3 is 2.73 bits per heavy atom. The number of fused-ring (bicyclic) bond motifs is 1. The molecule has 1 amide bonds. The molecule has 212 valence electrons. The SMILES string of the molecule is COc1cncc(-c2nn(-c3cc(N4CCC(NC(C)=O)C4)ccc3C(F)(F)F)c(=O)c3c2CCN3CCO)c1. The Hall–Kier alpha value is -4.13. The van der Waals surface area contributed by atoms with Crippen LogP contribution in [-0.4, -0.2) is 71.7 Å². The predicted molar refractivity (Wildman–Crippen MR) is 142 cm³/mol. The van der Waals surface area contributed by atoms with Crippen LogP contribution in [0.5, 0.6) is 5.75 Å². The van der Waals surface area contributed by atoms with E-state index in [9.17, 15) is 27.9 Å². The highest BCUT2D eigenvalue weighted by molar-refractivity contribution is 5.74. The lowest BCUT2D eigenvalue weighted by atomic mass is 10.1. The van der Waals surface area contributed by atoms with Crippen LogP contribution in [0.2, 0.25) is 0 Å². The number of halogens is 3. The summed E-state index contributed by atoms with van der Waals surface area (Å²) < 4.78 is 49.0. The topological polar surface area (TPSA) is 113 Å². The zero-order valence-electron chi connectivity index (χ0n) is 22.0. The van der Waals surface area contributed by atoms with E-state index in [-0.39, 0.29) is 30.8 Å². The summed E-state index contributed by atoms with van der Waals surface area (Å²) in [5, 5.41) is 16.9. The molecule has 0 radical (unpaired) electrons. The van der Waals surface area contributed by atoms with Gasteiger partial charge in [0.15, 0.2) is 0 Å². The highest BCUT2D eigenvalue weighted by atomic mass is 19.4. The van der Waals surface area contributed by atoms with E-state index in [1.165, 1.54) is 38.6 Å². The van der Waals surface area contributed by atoms with Crippen molar-refractivity contribution in [3.63, 3.8) is 0 Å². The fraction of sp³-hybridized carbons (Fsp3) is 0.407. The fourth-order valence-corrected chi connectivity index (χ4v) is 5.40. The standard InChI is InChI=1S/C27H29F3N6O4/c1-16(38)32-18-5-7-35(15-18)19-3-4-22(27(28,29)30)23(12-19)36-26(39)25-21(6-8-34(25)9-10-37)24(33-36)17-11-20(40-2)14-31-13-17/h3-4,11-14,18,37H,5-10,15H2,1-2H3,(H,32,38). The van der Waals surface area contributed by atoms with Gasteiger partial charge in [0, 0.05) is 62.2 Å². The Balaban J connectivity index is 1.70. The van der Waals surface area contributed by atoms with Gasteiger partial charge in [-0.15, -0.1) is 0 Å². The maximum Gasteiger partial charge on any atom is 0.418 e. The molecule has 0 spiro atoms. The van der Waals surface area contributed by atoms with E-state index in [4.69, 9.17) is 4.74 Å². The van der Waals surface area contributed by atoms with E-state index in [0.717, 1.165) is 10.7 Å². The average Bonchev–Trinajstić information content (AvgIpc) is 3.56. The normalized spacial score (nSPS) is 16.8. The molecule has 2 aromatic heterocycles. The van der Waals surface area contributed by atoms with Crippen molar-refractivity contribution in [3.8, 4) is 22.7 Å². The number of β-amino-alcohol motifs (C(OH)–C–C–N with tert-alkyl or cyclic N) is 1. The Kier molecular flexibility index (Phi) is 7.41. The van der Waals surface area contributed by atoms with E-state index in [1.54, 1.807) is 11.0 Å². The average molecular weight is 559 g/mol. The summed E-state index contributed by atoms with van der Waals surface area (Å²) in [6.07, 6.45) is -0.693. The number of nitrogens with one attached hydrogen (secondary N) is 1. The molecule has 3 aromatic rings. The smallest absolute Gasteiger partial charge is 0.418 e. The molecule has 1 fully saturated rings. The molecule has 1 saturated heterocycles. The third-order valence-electron chi connectivity index (χ3n) is 7.18. The minimum atomic E-state index is -4.76. The molecule has 1 unspecified atom stereocenters. The zero-order valence-corrected chi connectivity index (χ0v) is 22.0. The number of benzene rings is 1. The fourth-order valence-electron chi connectivity index (χ4n) is 5.40. The number of aromatic nitrogens is 3. The van der Waals surface area contributed by atoms with Crippen LogP contribution in [0.25, 0.3) is 16.9 Å². The number of rotatable bonds is 7. The molecule has 0 saturated carbocycles. The molecule has 0 bridgehead atoms. The summed E-state index contributed by atoms with van der Waals surface area (Å²) in [4.78, 5) is 33.0. The van der Waals surface area contributed by atoms with Crippen molar-refractivity contribution in [2.45, 2.75) is 32.0 Å². The van der Waals surface area contributed by atoms with Gasteiger partial charge in [-0.25, -0.2) is 0 Å². The van der Waals surface area contributed by atoms with Gasteiger partial charge in [-0.3, -0.25) is 14.6 Å². The molecule has 5 rings (SSSR count). The first-order valence-corrected chi connectivity index (χ1v) is 12.9. The maximum absolute atomic E-state index is 14.3. The van der Waals surface area contributed by atoms with Crippen LogP contribution in [0.1, 0.15) is 24.5 Å². The first-order chi connectivity index (χ1) is 19.1. The number of carbonyl (C=O) groups is 1. The van der Waals surface area contributed by atoms with E-state index in [2.05, 4.69) is 15.4 Å². The maximum atomic E-state index is 14.3. The van der Waals surface area contributed by atoms with Gasteiger partial charge in [0.25, 0.3) is 5.56 Å². The van der Waals surface area contributed by atoms with Crippen LogP contribution in [0, 0.1) is 0 Å². The van der Waals surface area contributed by atoms with E-state index >= 15 is 0 Å². The van der Waals surface area contributed by atoms with Crippen molar-refractivity contribution >= 4 is 17.3 Å². The van der Waals surface area contributed by atoms with Gasteiger partial charge in [0.2, 0.25) is 5.91 Å². The number of hydrogen-bond acceptors (Lipinski definition) is 8. The van der Waals surface area contributed by atoms with Crippen molar-refractivity contribution in [3.05, 3.63) is 58.1 Å². The highest BCUT2D eigenvalue weighted by Gasteiger charge is 2.37. The lowest BCUT2D eigenvalue weighted by molar-refractivity contribution is -0.137. The summed E-state index contributed by atoms with van der Waals surface area (Å²) in [6.45, 7) is 2.68. The molecule has 0 aliphatic carbocycles. The molecule has 40 heavy (non-hydrogen) atoms. The quantitative estimate of drug-likeness (QED) is 0.455. The minimum absolute atomic E-state index is 0.136. The summed E-state index contributed by atoms with van der Waals surface area (Å²) in [5.74, 6) is 0.248. The number of methoxy groups -OCH3 is 1. The Morgan fingerprint density at radius 1 is 1.23 bits per heavy atom. The summed E-state index contributed by atoms with van der Waals surface area (Å²) in [7, 11) is 1.47. The summed E-state index contributed by atoms with van der Waals surface area (Å²) in [6, 6.07) is 5.16. The van der Waals surface area contributed by atoms with Gasteiger partial charge < -0.3 is 25.0 Å². The number of anilines is 2. The molecule has 4 heterocycles. The lowest BCUT2D eigenvalue weighted by Gasteiger charge is -2.23. The molecule has 2 aliphatic heterocycles. The van der Waals surface area contributed by atoms with Gasteiger partial charge in [-0.2, -0.15) is 23.0 Å². The van der Waals surface area contributed by atoms with Crippen LogP contribution < -0.4 is 25.4 Å². The Morgan fingerprint density at radius 2 is 2.02 bits per heavy atom. The van der Waals surface area contributed by atoms with Crippen molar-refractivity contribution in [2.75, 3.05) is 49.7 Å². The monoisotopic (exact) mass is 558 g/mol. The molecule has 10 nitrogen and oxygen atoms in total. The van der Waals surface area contributed by atoms with E-state index in [0.29, 0.717) is 60.7 Å². The van der Waals surface area contributed by atoms with Gasteiger partial charge in [0.05, 0.1) is 36.9 Å². The predicted octanol–water partition coefficient (Wildman–Crippen LogP) is 2.39. The molecule has 1 atom stereocenters. The number of nitrogens with zero attached hydrogens (tertiary/aromatic N) is 5. The van der Waals surface area contributed by atoms with Gasteiger partial charge >= 0.3 is 6.18 Å². The molecular formula is C27H29F3N6O4. The number of hydrogen-bond donors (Lipinski definition) is 2. The second-order valence-electron chi connectivity index (χ2n) is 9.80. The Labute approximate surface area is 228 Å². The summed E-state index contributed by atoms with van der Waals surface area (Å²) >= 11 is 0. The number of aliphatic hydroxyl groups is 1. The van der Waals surface area contributed by atoms with Crippen molar-refractivity contribution < 1.29 is 27.8 Å². The Bertz CT molecular complexity index is 1490. The largest absolute Gasteiger partial charge is 0.495 e. The number of amides is 1. The van der Waals surface area contributed by atoms with Crippen LogP contribution in [0.15, 0.2) is 41.5 Å². The van der Waals surface area contributed by atoms with Crippen LogP contribution in [0.3, 0.4) is 0 Å². The number of pyridine rings is 1. The zero-order chi connectivity index (χ0) is 28.6. The first kappa shape index (κ1) is 27.4. The number of aliphatic hydroxyl groups excluding tert-OH is 1. The number of ether oxygens (including phenoxy) is 1. The van der Waals surface area contributed by atoms with Crippen LogP contribution in [-0.2, 0) is 17.4 Å². The number of carbonyl (C=O) groups excluding carboxylic acids is 1. The minimum Gasteiger partial charge on any atom is -0.495 e. The third kappa shape index (κ3) is 5.20. The summed E-state index contributed by atoms with van der Waals surface area (Å²) in [5.41, 5.74) is -0.0786. The van der Waals surface area contributed by atoms with Gasteiger partial charge in [0.1, 0.15) is 11.4 Å². The first-order valence-electron chi connectivity index (χ1n) is 12.9. The van der Waals surface area contributed by atoms with Gasteiger partial charge in [-0.05, 0) is 37.1 Å². The third-order valence-corrected chi connectivity index (χ3v) is 7.18. The highest BCUT2D eigenvalue weighted by Crippen LogP contribution is 2.38. The molecule has 1 aromatic carbocycles. The van der Waals surface area contributed by atoms with Crippen molar-refractivity contribution in [2.24, 2.45) is 0 Å². The van der Waals surface area contributed by atoms with Crippen LogP contribution >= 0.6 is 0 Å².